The summed E-state index contributed by atoms with van der Waals surface area (Å²) in [5.74, 6) is 6.11. The molecule has 0 aromatic rings. The summed E-state index contributed by atoms with van der Waals surface area (Å²) >= 11 is 0. The average Bonchev–Trinajstić information content (AvgIpc) is 2.48. The normalized spacial score (nSPS) is 28.5. The molecule has 0 aromatic carbocycles. The molecule has 2 unspecified atom stereocenters. The zero-order valence-corrected chi connectivity index (χ0v) is 9.14. The van der Waals surface area contributed by atoms with E-state index in [2.05, 4.69) is 30.6 Å². The van der Waals surface area contributed by atoms with Gasteiger partial charge in [0.2, 0.25) is 0 Å². The summed E-state index contributed by atoms with van der Waals surface area (Å²) in [4.78, 5) is 2.63. The van der Waals surface area contributed by atoms with Crippen molar-refractivity contribution >= 4 is 0 Å². The van der Waals surface area contributed by atoms with Crippen LogP contribution in [0.5, 0.6) is 0 Å². The van der Waals surface area contributed by atoms with Gasteiger partial charge in [-0.25, -0.2) is 0 Å². The van der Waals surface area contributed by atoms with E-state index in [-0.39, 0.29) is 0 Å². The fourth-order valence-electron chi connectivity index (χ4n) is 2.28. The van der Waals surface area contributed by atoms with E-state index in [9.17, 15) is 0 Å². The maximum absolute atomic E-state index is 3.15. The second-order valence-corrected chi connectivity index (χ2v) is 3.90. The average molecular weight is 179 g/mol. The molecule has 2 atom stereocenters. The molecule has 1 heteroatoms. The van der Waals surface area contributed by atoms with Crippen LogP contribution in [0.15, 0.2) is 0 Å². The predicted octanol–water partition coefficient (Wildman–Crippen LogP) is 2.66. The van der Waals surface area contributed by atoms with Gasteiger partial charge >= 0.3 is 0 Å². The Balaban J connectivity index is 2.38. The van der Waals surface area contributed by atoms with Crippen molar-refractivity contribution in [2.75, 3.05) is 6.54 Å². The Labute approximate surface area is 82.5 Å². The Bertz CT molecular complexity index is 199. The van der Waals surface area contributed by atoms with Gasteiger partial charge in [-0.2, -0.15) is 0 Å². The summed E-state index contributed by atoms with van der Waals surface area (Å²) in [5.41, 5.74) is 0. The van der Waals surface area contributed by atoms with Gasteiger partial charge < -0.3 is 0 Å². The molecule has 1 aliphatic rings. The molecule has 0 aliphatic carbocycles. The number of hydrogen-bond acceptors (Lipinski definition) is 1. The lowest BCUT2D eigenvalue weighted by Crippen LogP contribution is -2.34. The lowest BCUT2D eigenvalue weighted by atomic mass is 10.1. The van der Waals surface area contributed by atoms with E-state index in [1.807, 2.05) is 6.92 Å². The van der Waals surface area contributed by atoms with Crippen molar-refractivity contribution in [2.45, 2.75) is 58.5 Å². The van der Waals surface area contributed by atoms with Crippen molar-refractivity contribution in [1.29, 1.82) is 0 Å². The van der Waals surface area contributed by atoms with Gasteiger partial charge in [-0.3, -0.25) is 4.90 Å². The zero-order valence-electron chi connectivity index (χ0n) is 9.14. The minimum Gasteiger partial charge on any atom is -0.297 e. The van der Waals surface area contributed by atoms with Crippen LogP contribution in [0.25, 0.3) is 0 Å². The summed E-state index contributed by atoms with van der Waals surface area (Å²) in [6.45, 7) is 7.72. The van der Waals surface area contributed by atoms with Crippen LogP contribution in [0.3, 0.4) is 0 Å². The first-order valence-corrected chi connectivity index (χ1v) is 5.45. The van der Waals surface area contributed by atoms with Crippen LogP contribution < -0.4 is 0 Å². The summed E-state index contributed by atoms with van der Waals surface area (Å²) in [7, 11) is 0. The van der Waals surface area contributed by atoms with Crippen LogP contribution in [-0.2, 0) is 0 Å². The van der Waals surface area contributed by atoms with Crippen LogP contribution in [0.2, 0.25) is 0 Å². The highest BCUT2D eigenvalue weighted by atomic mass is 15.2. The highest BCUT2D eigenvalue weighted by Gasteiger charge is 2.27. The SMILES string of the molecule is CC#CCCN1C(C)CCC1CC. The van der Waals surface area contributed by atoms with Crippen LogP contribution in [-0.4, -0.2) is 23.5 Å². The van der Waals surface area contributed by atoms with E-state index in [1.54, 1.807) is 0 Å². The van der Waals surface area contributed by atoms with E-state index in [0.717, 1.165) is 18.5 Å². The van der Waals surface area contributed by atoms with Gasteiger partial charge in [-0.1, -0.05) is 6.92 Å². The minimum atomic E-state index is 0.781. The molecule has 1 saturated heterocycles. The van der Waals surface area contributed by atoms with Gasteiger partial charge in [0.25, 0.3) is 0 Å². The molecule has 74 valence electrons. The van der Waals surface area contributed by atoms with E-state index in [1.165, 1.54) is 25.8 Å². The smallest absolute Gasteiger partial charge is 0.0217 e. The molecular formula is C12H21N. The van der Waals surface area contributed by atoms with E-state index in [4.69, 9.17) is 0 Å². The van der Waals surface area contributed by atoms with Crippen molar-refractivity contribution < 1.29 is 0 Å². The van der Waals surface area contributed by atoms with Gasteiger partial charge in [0.05, 0.1) is 0 Å². The second kappa shape index (κ2) is 5.29. The molecule has 0 aromatic heterocycles. The third-order valence-electron chi connectivity index (χ3n) is 3.10. The summed E-state index contributed by atoms with van der Waals surface area (Å²) in [6, 6.07) is 1.61. The number of rotatable bonds is 3. The molecule has 1 fully saturated rings. The number of likely N-dealkylation sites (tertiary alicyclic amines) is 1. The highest BCUT2D eigenvalue weighted by molar-refractivity contribution is 4.96. The van der Waals surface area contributed by atoms with Crippen molar-refractivity contribution in [3.05, 3.63) is 0 Å². The Hall–Kier alpha value is -0.480. The Kier molecular flexibility index (Phi) is 4.32. The molecule has 0 amide bonds. The fraction of sp³-hybridized carbons (Fsp3) is 0.833. The van der Waals surface area contributed by atoms with Crippen molar-refractivity contribution in [3.63, 3.8) is 0 Å². The van der Waals surface area contributed by atoms with E-state index < -0.39 is 0 Å². The topological polar surface area (TPSA) is 3.24 Å². The van der Waals surface area contributed by atoms with Crippen LogP contribution in [0.4, 0.5) is 0 Å². The summed E-state index contributed by atoms with van der Waals surface area (Å²) < 4.78 is 0. The number of hydrogen-bond donors (Lipinski definition) is 0. The first kappa shape index (κ1) is 10.6. The molecule has 0 bridgehead atoms. The van der Waals surface area contributed by atoms with E-state index >= 15 is 0 Å². The van der Waals surface area contributed by atoms with Crippen LogP contribution >= 0.6 is 0 Å². The second-order valence-electron chi connectivity index (χ2n) is 3.90. The number of nitrogens with zero attached hydrogens (tertiary/aromatic N) is 1. The largest absolute Gasteiger partial charge is 0.297 e. The zero-order chi connectivity index (χ0) is 9.68. The van der Waals surface area contributed by atoms with Gasteiger partial charge in [-0.05, 0) is 33.1 Å². The van der Waals surface area contributed by atoms with Gasteiger partial charge in [0.1, 0.15) is 0 Å². The maximum atomic E-state index is 3.15. The third-order valence-corrected chi connectivity index (χ3v) is 3.10. The van der Waals surface area contributed by atoms with Crippen molar-refractivity contribution in [1.82, 2.24) is 4.90 Å². The third kappa shape index (κ3) is 2.74. The molecule has 1 rings (SSSR count). The monoisotopic (exact) mass is 179 g/mol. The van der Waals surface area contributed by atoms with E-state index in [0.29, 0.717) is 0 Å². The fourth-order valence-corrected chi connectivity index (χ4v) is 2.28. The molecule has 0 radical (unpaired) electrons. The lowest BCUT2D eigenvalue weighted by Gasteiger charge is -2.26. The first-order chi connectivity index (χ1) is 6.29. The Morgan fingerprint density at radius 1 is 1.38 bits per heavy atom. The maximum Gasteiger partial charge on any atom is 0.0217 e. The molecule has 0 saturated carbocycles. The predicted molar refractivity (Wildman–Crippen MR) is 57.5 cm³/mol. The molecular weight excluding hydrogens is 158 g/mol. The molecule has 0 N–H and O–H groups in total. The van der Waals surface area contributed by atoms with Crippen molar-refractivity contribution in [2.24, 2.45) is 0 Å². The molecule has 13 heavy (non-hydrogen) atoms. The molecule has 1 heterocycles. The molecule has 0 spiro atoms. The van der Waals surface area contributed by atoms with Gasteiger partial charge in [-0.15, -0.1) is 11.8 Å². The van der Waals surface area contributed by atoms with Crippen LogP contribution in [0, 0.1) is 11.8 Å². The minimum absolute atomic E-state index is 0.781. The molecule has 1 aliphatic heterocycles. The van der Waals surface area contributed by atoms with Crippen molar-refractivity contribution in [3.8, 4) is 11.8 Å². The Morgan fingerprint density at radius 2 is 2.15 bits per heavy atom. The lowest BCUT2D eigenvalue weighted by molar-refractivity contribution is 0.203. The summed E-state index contributed by atoms with van der Waals surface area (Å²) in [6.07, 6.45) is 5.09. The highest BCUT2D eigenvalue weighted by Crippen LogP contribution is 2.25. The quantitative estimate of drug-likeness (QED) is 0.602. The van der Waals surface area contributed by atoms with Gasteiger partial charge in [0, 0.05) is 25.0 Å². The van der Waals surface area contributed by atoms with Gasteiger partial charge in [0.15, 0.2) is 0 Å². The first-order valence-electron chi connectivity index (χ1n) is 5.45. The standard InChI is InChI=1S/C12H21N/c1-4-6-7-10-13-11(3)8-9-12(13)5-2/h11-12H,5,7-10H2,1-3H3. The molecule has 1 nitrogen and oxygen atoms in total. The Morgan fingerprint density at radius 3 is 2.77 bits per heavy atom. The summed E-state index contributed by atoms with van der Waals surface area (Å²) in [5, 5.41) is 0. The van der Waals surface area contributed by atoms with Crippen LogP contribution in [0.1, 0.15) is 46.5 Å².